The molecule has 2 aromatic rings. The third kappa shape index (κ3) is 2.56. The van der Waals surface area contributed by atoms with Gasteiger partial charge in [0.2, 0.25) is 0 Å². The van der Waals surface area contributed by atoms with Gasteiger partial charge in [0, 0.05) is 6.20 Å². The van der Waals surface area contributed by atoms with Gasteiger partial charge >= 0.3 is 0 Å². The Kier molecular flexibility index (Phi) is 2.97. The summed E-state index contributed by atoms with van der Waals surface area (Å²) in [7, 11) is 0. The van der Waals surface area contributed by atoms with Gasteiger partial charge in [0.05, 0.1) is 5.69 Å². The molecular weight excluding hydrogens is 190 g/mol. The zero-order valence-electron chi connectivity index (χ0n) is 8.35. The fourth-order valence-electron chi connectivity index (χ4n) is 1.53. The number of aromatic hydroxyl groups is 1. The summed E-state index contributed by atoms with van der Waals surface area (Å²) >= 11 is 0. The number of nitrogens with zero attached hydrogens (tertiary/aromatic N) is 2. The third-order valence-corrected chi connectivity index (χ3v) is 2.34. The number of phenols is 1. The Labute approximate surface area is 88.0 Å². The van der Waals surface area contributed by atoms with Gasteiger partial charge in [-0.3, -0.25) is 5.10 Å². The van der Waals surface area contributed by atoms with E-state index < -0.39 is 0 Å². The van der Waals surface area contributed by atoms with Gasteiger partial charge in [-0.15, -0.1) is 5.10 Å². The highest BCUT2D eigenvalue weighted by molar-refractivity contribution is 5.31. The molecule has 4 nitrogen and oxygen atoms in total. The van der Waals surface area contributed by atoms with E-state index in [4.69, 9.17) is 0 Å². The molecule has 0 saturated carbocycles. The lowest BCUT2D eigenvalue weighted by atomic mass is 10.1. The molecule has 2 N–H and O–H groups in total. The second kappa shape index (κ2) is 4.59. The molecule has 4 heteroatoms. The van der Waals surface area contributed by atoms with Gasteiger partial charge in [-0.25, -0.2) is 0 Å². The lowest BCUT2D eigenvalue weighted by molar-refractivity contribution is 0.467. The lowest BCUT2D eigenvalue weighted by Gasteiger charge is -2.02. The third-order valence-electron chi connectivity index (χ3n) is 2.34. The molecule has 0 aliphatic carbocycles. The van der Waals surface area contributed by atoms with Crippen LogP contribution < -0.4 is 0 Å². The van der Waals surface area contributed by atoms with E-state index >= 15 is 0 Å². The monoisotopic (exact) mass is 203 g/mol. The highest BCUT2D eigenvalue weighted by atomic mass is 16.3. The van der Waals surface area contributed by atoms with Crippen LogP contribution in [-0.4, -0.2) is 20.5 Å². The van der Waals surface area contributed by atoms with Crippen molar-refractivity contribution in [3.05, 3.63) is 41.7 Å². The topological polar surface area (TPSA) is 61.8 Å². The first-order chi connectivity index (χ1) is 7.36. The largest absolute Gasteiger partial charge is 0.508 e. The Morgan fingerprint density at radius 2 is 2.07 bits per heavy atom. The Balaban J connectivity index is 1.86. The number of para-hydroxylation sites is 1. The van der Waals surface area contributed by atoms with E-state index in [0.717, 1.165) is 30.5 Å². The highest BCUT2D eigenvalue weighted by Gasteiger charge is 2.00. The Bertz CT molecular complexity index is 412. The highest BCUT2D eigenvalue weighted by Crippen LogP contribution is 2.17. The van der Waals surface area contributed by atoms with E-state index in [-0.39, 0.29) is 0 Å². The first-order valence-corrected chi connectivity index (χ1v) is 4.98. The molecule has 0 unspecified atom stereocenters. The van der Waals surface area contributed by atoms with Crippen LogP contribution in [0.4, 0.5) is 0 Å². The van der Waals surface area contributed by atoms with Crippen molar-refractivity contribution < 1.29 is 5.11 Å². The minimum absolute atomic E-state index is 0.373. The van der Waals surface area contributed by atoms with Crippen molar-refractivity contribution in [1.82, 2.24) is 15.4 Å². The predicted octanol–water partition coefficient (Wildman–Crippen LogP) is 1.69. The van der Waals surface area contributed by atoms with Crippen LogP contribution in [0.2, 0.25) is 0 Å². The molecule has 1 aromatic heterocycles. The molecular formula is C11H13N3O. The molecule has 78 valence electrons. The van der Waals surface area contributed by atoms with Gasteiger partial charge in [0.15, 0.2) is 0 Å². The Hall–Kier alpha value is -1.84. The maximum atomic E-state index is 9.53. The number of phenolic OH excluding ortho intramolecular Hbond substituents is 1. The summed E-state index contributed by atoms with van der Waals surface area (Å²) in [6.45, 7) is 0. The average Bonchev–Trinajstić information content (AvgIpc) is 2.74. The van der Waals surface area contributed by atoms with Gasteiger partial charge in [-0.05, 0) is 30.9 Å². The Morgan fingerprint density at radius 3 is 2.80 bits per heavy atom. The second-order valence-corrected chi connectivity index (χ2v) is 3.45. The van der Waals surface area contributed by atoms with Crippen LogP contribution in [-0.2, 0) is 12.8 Å². The molecule has 1 aromatic carbocycles. The summed E-state index contributed by atoms with van der Waals surface area (Å²) in [5, 5.41) is 19.8. The number of benzene rings is 1. The minimum atomic E-state index is 0.373. The number of aryl methyl sites for hydroxylation is 2. The van der Waals surface area contributed by atoms with Crippen LogP contribution in [0.5, 0.6) is 5.75 Å². The van der Waals surface area contributed by atoms with Crippen molar-refractivity contribution in [3.8, 4) is 5.75 Å². The van der Waals surface area contributed by atoms with Crippen molar-refractivity contribution in [2.45, 2.75) is 19.3 Å². The molecule has 0 atom stereocenters. The fourth-order valence-corrected chi connectivity index (χ4v) is 1.53. The molecule has 0 spiro atoms. The van der Waals surface area contributed by atoms with Gasteiger partial charge in [-0.1, -0.05) is 23.4 Å². The van der Waals surface area contributed by atoms with Crippen molar-refractivity contribution in [1.29, 1.82) is 0 Å². The van der Waals surface area contributed by atoms with E-state index in [9.17, 15) is 5.11 Å². The number of hydrogen-bond acceptors (Lipinski definition) is 3. The lowest BCUT2D eigenvalue weighted by Crippen LogP contribution is -1.90. The van der Waals surface area contributed by atoms with E-state index in [1.54, 1.807) is 12.3 Å². The standard InChI is InChI=1S/C11H13N3O/c15-11-7-2-1-4-9(11)5-3-6-10-8-12-14-13-10/h1-2,4,7-8,15H,3,5-6H2,(H,12,13,14). The van der Waals surface area contributed by atoms with Crippen LogP contribution >= 0.6 is 0 Å². The quantitative estimate of drug-likeness (QED) is 0.794. The van der Waals surface area contributed by atoms with Crippen LogP contribution in [0.3, 0.4) is 0 Å². The van der Waals surface area contributed by atoms with Gasteiger partial charge < -0.3 is 5.11 Å². The second-order valence-electron chi connectivity index (χ2n) is 3.45. The molecule has 0 amide bonds. The number of hydrogen-bond donors (Lipinski definition) is 2. The van der Waals surface area contributed by atoms with Crippen LogP contribution in [0, 0.1) is 0 Å². The summed E-state index contributed by atoms with van der Waals surface area (Å²) in [5.74, 6) is 0.373. The van der Waals surface area contributed by atoms with E-state index in [1.165, 1.54) is 0 Å². The zero-order valence-corrected chi connectivity index (χ0v) is 8.35. The number of aromatic nitrogens is 3. The van der Waals surface area contributed by atoms with Crippen LogP contribution in [0.25, 0.3) is 0 Å². The number of aromatic amines is 1. The number of H-pyrrole nitrogens is 1. The van der Waals surface area contributed by atoms with Crippen LogP contribution in [0.1, 0.15) is 17.7 Å². The molecule has 0 aliphatic rings. The van der Waals surface area contributed by atoms with E-state index in [1.807, 2.05) is 18.2 Å². The first-order valence-electron chi connectivity index (χ1n) is 4.98. The molecule has 0 radical (unpaired) electrons. The van der Waals surface area contributed by atoms with Gasteiger partial charge in [0.25, 0.3) is 0 Å². The summed E-state index contributed by atoms with van der Waals surface area (Å²) in [6.07, 6.45) is 4.50. The van der Waals surface area contributed by atoms with Crippen molar-refractivity contribution in [3.63, 3.8) is 0 Å². The normalized spacial score (nSPS) is 10.4. The van der Waals surface area contributed by atoms with E-state index in [0.29, 0.717) is 5.75 Å². The number of nitrogens with one attached hydrogen (secondary N) is 1. The summed E-state index contributed by atoms with van der Waals surface area (Å²) in [5.41, 5.74) is 1.95. The SMILES string of the molecule is Oc1ccccc1CCCc1c[nH]nn1. The van der Waals surface area contributed by atoms with Crippen LogP contribution in [0.15, 0.2) is 30.5 Å². The smallest absolute Gasteiger partial charge is 0.118 e. The van der Waals surface area contributed by atoms with Gasteiger partial charge in [-0.2, -0.15) is 0 Å². The minimum Gasteiger partial charge on any atom is -0.508 e. The first kappa shape index (κ1) is 9.71. The van der Waals surface area contributed by atoms with E-state index in [2.05, 4.69) is 15.4 Å². The zero-order chi connectivity index (χ0) is 10.5. The molecule has 0 bridgehead atoms. The summed E-state index contributed by atoms with van der Waals surface area (Å²) in [6, 6.07) is 7.42. The molecule has 0 fully saturated rings. The van der Waals surface area contributed by atoms with Crippen molar-refractivity contribution in [2.24, 2.45) is 0 Å². The summed E-state index contributed by atoms with van der Waals surface area (Å²) < 4.78 is 0. The fraction of sp³-hybridized carbons (Fsp3) is 0.273. The molecule has 0 aliphatic heterocycles. The maximum Gasteiger partial charge on any atom is 0.118 e. The molecule has 2 rings (SSSR count). The average molecular weight is 203 g/mol. The Morgan fingerprint density at radius 1 is 1.20 bits per heavy atom. The summed E-state index contributed by atoms with van der Waals surface area (Å²) in [4.78, 5) is 0. The van der Waals surface area contributed by atoms with Crippen molar-refractivity contribution >= 4 is 0 Å². The van der Waals surface area contributed by atoms with Crippen molar-refractivity contribution in [2.75, 3.05) is 0 Å². The van der Waals surface area contributed by atoms with Gasteiger partial charge in [0.1, 0.15) is 5.75 Å². The molecule has 15 heavy (non-hydrogen) atoms. The maximum absolute atomic E-state index is 9.53. The number of rotatable bonds is 4. The predicted molar refractivity (Wildman–Crippen MR) is 56.5 cm³/mol. The molecule has 0 saturated heterocycles. The molecule has 1 heterocycles.